The van der Waals surface area contributed by atoms with Crippen molar-refractivity contribution in [2.24, 2.45) is 0 Å². The van der Waals surface area contributed by atoms with Crippen LogP contribution in [0.5, 0.6) is 0 Å². The highest BCUT2D eigenvalue weighted by molar-refractivity contribution is 7.89. The summed E-state index contributed by atoms with van der Waals surface area (Å²) >= 11 is 0. The predicted octanol–water partition coefficient (Wildman–Crippen LogP) is -0.163. The van der Waals surface area contributed by atoms with Gasteiger partial charge in [0.05, 0.1) is 23.2 Å². The number of hydrogen-bond acceptors (Lipinski definition) is 5. The second-order valence-electron chi connectivity index (χ2n) is 7.61. The highest BCUT2D eigenvalue weighted by Crippen LogP contribution is 2.39. The van der Waals surface area contributed by atoms with Crippen molar-refractivity contribution in [2.75, 3.05) is 31.1 Å². The smallest absolute Gasteiger partial charge is 0.324 e. The molecule has 1 N–H and O–H groups in total. The molecule has 28 heavy (non-hydrogen) atoms. The summed E-state index contributed by atoms with van der Waals surface area (Å²) in [5, 5.41) is 2.48. The summed E-state index contributed by atoms with van der Waals surface area (Å²) in [6.07, 6.45) is 2.03. The molecule has 9 nitrogen and oxygen atoms in total. The summed E-state index contributed by atoms with van der Waals surface area (Å²) < 4.78 is 27.8. The molecule has 4 heterocycles. The summed E-state index contributed by atoms with van der Waals surface area (Å²) in [4.78, 5) is 39.0. The molecule has 148 valence electrons. The molecule has 4 aliphatic rings. The van der Waals surface area contributed by atoms with E-state index in [2.05, 4.69) is 5.32 Å². The van der Waals surface area contributed by atoms with Gasteiger partial charge in [-0.3, -0.25) is 14.5 Å². The van der Waals surface area contributed by atoms with E-state index >= 15 is 0 Å². The van der Waals surface area contributed by atoms with E-state index < -0.39 is 22.1 Å². The first-order valence-corrected chi connectivity index (χ1v) is 10.9. The Hall–Kier alpha value is -2.46. The van der Waals surface area contributed by atoms with E-state index in [1.165, 1.54) is 4.31 Å². The Morgan fingerprint density at radius 3 is 2.43 bits per heavy atom. The highest BCUT2D eigenvalue weighted by Gasteiger charge is 2.42. The van der Waals surface area contributed by atoms with E-state index in [1.54, 1.807) is 17.0 Å². The lowest BCUT2D eigenvalue weighted by Gasteiger charge is -2.26. The first kappa shape index (κ1) is 17.6. The minimum absolute atomic E-state index is 0.0362. The largest absolute Gasteiger partial charge is 0.329 e. The molecule has 1 aromatic carbocycles. The number of nitrogens with one attached hydrogen (secondary N) is 1. The quantitative estimate of drug-likeness (QED) is 0.705. The summed E-state index contributed by atoms with van der Waals surface area (Å²) in [7, 11) is -3.74. The van der Waals surface area contributed by atoms with E-state index in [0.717, 1.165) is 21.7 Å². The molecule has 5 rings (SSSR count). The van der Waals surface area contributed by atoms with Gasteiger partial charge in [0, 0.05) is 26.1 Å². The number of imide groups is 1. The van der Waals surface area contributed by atoms with Gasteiger partial charge in [0.15, 0.2) is 0 Å². The van der Waals surface area contributed by atoms with E-state index in [-0.39, 0.29) is 36.3 Å². The monoisotopic (exact) mass is 404 g/mol. The molecule has 1 unspecified atom stereocenters. The number of hydrogen-bond donors (Lipinski definition) is 1. The zero-order valence-corrected chi connectivity index (χ0v) is 16.0. The second kappa shape index (κ2) is 6.02. The lowest BCUT2D eigenvalue weighted by molar-refractivity contribution is -0.126. The topological polar surface area (TPSA) is 107 Å². The van der Waals surface area contributed by atoms with Crippen molar-refractivity contribution in [3.05, 3.63) is 23.3 Å². The highest BCUT2D eigenvalue weighted by atomic mass is 32.2. The van der Waals surface area contributed by atoms with Gasteiger partial charge >= 0.3 is 6.03 Å². The lowest BCUT2D eigenvalue weighted by Crippen LogP contribution is -2.42. The van der Waals surface area contributed by atoms with Crippen molar-refractivity contribution in [3.63, 3.8) is 0 Å². The summed E-state index contributed by atoms with van der Waals surface area (Å²) in [5.74, 6) is -0.223. The summed E-state index contributed by atoms with van der Waals surface area (Å²) in [6, 6.07) is 2.46. The van der Waals surface area contributed by atoms with Crippen LogP contribution in [-0.4, -0.2) is 67.7 Å². The van der Waals surface area contributed by atoms with Gasteiger partial charge in [0.25, 0.3) is 0 Å². The SMILES string of the molecule is O=C1CCc2cc(S(=O)(=O)N3CCC(N4C(=O)CNC4=O)C3)cc3c2N1CC3. The molecule has 0 aromatic heterocycles. The second-order valence-corrected chi connectivity index (χ2v) is 9.55. The van der Waals surface area contributed by atoms with E-state index in [1.807, 2.05) is 0 Å². The Balaban J connectivity index is 1.44. The Kier molecular flexibility index (Phi) is 3.79. The van der Waals surface area contributed by atoms with Gasteiger partial charge in [-0.2, -0.15) is 4.31 Å². The van der Waals surface area contributed by atoms with Crippen molar-refractivity contribution in [1.82, 2.24) is 14.5 Å². The Bertz CT molecular complexity index is 1010. The molecular formula is C18H20N4O5S. The van der Waals surface area contributed by atoms with Crippen LogP contribution in [0.3, 0.4) is 0 Å². The van der Waals surface area contributed by atoms with Gasteiger partial charge in [0.2, 0.25) is 21.8 Å². The van der Waals surface area contributed by atoms with Gasteiger partial charge in [-0.25, -0.2) is 13.2 Å². The fourth-order valence-electron chi connectivity index (χ4n) is 4.67. The van der Waals surface area contributed by atoms with Crippen LogP contribution in [0.25, 0.3) is 0 Å². The molecule has 1 aromatic rings. The van der Waals surface area contributed by atoms with Crippen LogP contribution < -0.4 is 10.2 Å². The van der Waals surface area contributed by atoms with Crippen molar-refractivity contribution >= 4 is 33.6 Å². The Morgan fingerprint density at radius 2 is 1.71 bits per heavy atom. The van der Waals surface area contributed by atoms with E-state index in [9.17, 15) is 22.8 Å². The number of carbonyl (C=O) groups is 3. The number of urea groups is 1. The Labute approximate surface area is 162 Å². The van der Waals surface area contributed by atoms with Crippen LogP contribution in [0, 0.1) is 0 Å². The van der Waals surface area contributed by atoms with Crippen molar-refractivity contribution in [1.29, 1.82) is 0 Å². The summed E-state index contributed by atoms with van der Waals surface area (Å²) in [6.45, 7) is 0.938. The van der Waals surface area contributed by atoms with Gasteiger partial charge in [-0.15, -0.1) is 0 Å². The molecule has 0 spiro atoms. The number of sulfonamides is 1. The molecule has 0 aliphatic carbocycles. The minimum atomic E-state index is -3.74. The molecule has 1 atom stereocenters. The van der Waals surface area contributed by atoms with Crippen LogP contribution in [-0.2, 0) is 32.5 Å². The van der Waals surface area contributed by atoms with E-state index in [4.69, 9.17) is 0 Å². The number of carbonyl (C=O) groups excluding carboxylic acids is 3. The third kappa shape index (κ3) is 2.47. The van der Waals surface area contributed by atoms with Crippen LogP contribution >= 0.6 is 0 Å². The maximum Gasteiger partial charge on any atom is 0.324 e. The van der Waals surface area contributed by atoms with Crippen LogP contribution in [0.1, 0.15) is 24.0 Å². The zero-order chi connectivity index (χ0) is 19.6. The van der Waals surface area contributed by atoms with Gasteiger partial charge in [-0.05, 0) is 42.5 Å². The number of anilines is 1. The fourth-order valence-corrected chi connectivity index (χ4v) is 6.26. The third-order valence-electron chi connectivity index (χ3n) is 6.03. The van der Waals surface area contributed by atoms with Crippen molar-refractivity contribution in [2.45, 2.75) is 36.6 Å². The molecule has 0 radical (unpaired) electrons. The number of nitrogens with zero attached hydrogens (tertiary/aromatic N) is 3. The van der Waals surface area contributed by atoms with Crippen LogP contribution in [0.15, 0.2) is 17.0 Å². The molecule has 0 bridgehead atoms. The molecule has 2 saturated heterocycles. The molecular weight excluding hydrogens is 384 g/mol. The average Bonchev–Trinajstić information content (AvgIpc) is 3.38. The Morgan fingerprint density at radius 1 is 0.964 bits per heavy atom. The number of rotatable bonds is 3. The zero-order valence-electron chi connectivity index (χ0n) is 15.2. The lowest BCUT2D eigenvalue weighted by atomic mass is 10.00. The van der Waals surface area contributed by atoms with E-state index in [0.29, 0.717) is 32.2 Å². The summed E-state index contributed by atoms with van der Waals surface area (Å²) in [5.41, 5.74) is 2.68. The number of benzene rings is 1. The third-order valence-corrected chi connectivity index (χ3v) is 7.88. The van der Waals surface area contributed by atoms with Crippen molar-refractivity contribution < 1.29 is 22.8 Å². The molecule has 4 aliphatic heterocycles. The maximum absolute atomic E-state index is 13.2. The van der Waals surface area contributed by atoms with Crippen LogP contribution in [0.4, 0.5) is 10.5 Å². The minimum Gasteiger partial charge on any atom is -0.329 e. The normalized spacial score (nSPS) is 24.9. The van der Waals surface area contributed by atoms with Crippen LogP contribution in [0.2, 0.25) is 0 Å². The maximum atomic E-state index is 13.2. The number of aryl methyl sites for hydroxylation is 1. The molecule has 0 saturated carbocycles. The standard InChI is InChI=1S/C18H20N4O5S/c23-15-2-1-11-7-14(8-12-3-6-21(15)17(11)12)28(26,27)20-5-4-13(10-20)22-16(24)9-19-18(22)25/h7-8,13H,1-6,9-10H2,(H,19,25). The first-order chi connectivity index (χ1) is 13.4. The predicted molar refractivity (Wildman–Crippen MR) is 98.2 cm³/mol. The fraction of sp³-hybridized carbons (Fsp3) is 0.500. The number of amides is 4. The van der Waals surface area contributed by atoms with Gasteiger partial charge < -0.3 is 10.2 Å². The molecule has 2 fully saturated rings. The van der Waals surface area contributed by atoms with Crippen molar-refractivity contribution in [3.8, 4) is 0 Å². The van der Waals surface area contributed by atoms with Gasteiger partial charge in [-0.1, -0.05) is 0 Å². The first-order valence-electron chi connectivity index (χ1n) is 9.42. The van der Waals surface area contributed by atoms with Gasteiger partial charge in [0.1, 0.15) is 0 Å². The average molecular weight is 404 g/mol. The molecule has 10 heteroatoms. The molecule has 4 amide bonds.